The van der Waals surface area contributed by atoms with Gasteiger partial charge in [-0.1, -0.05) is 13.8 Å². The zero-order valence-electron chi connectivity index (χ0n) is 11.6. The zero-order chi connectivity index (χ0) is 15.6. The van der Waals surface area contributed by atoms with Crippen molar-refractivity contribution in [1.82, 2.24) is 19.9 Å². The van der Waals surface area contributed by atoms with E-state index >= 15 is 0 Å². The van der Waals surface area contributed by atoms with Crippen LogP contribution >= 0.6 is 0 Å². The van der Waals surface area contributed by atoms with Crippen LogP contribution in [-0.4, -0.2) is 20.5 Å². The molecule has 0 aliphatic heterocycles. The van der Waals surface area contributed by atoms with E-state index in [0.717, 1.165) is 12.3 Å². The smallest absolute Gasteiger partial charge is 0.349 e. The first-order valence-electron chi connectivity index (χ1n) is 6.51. The highest BCUT2D eigenvalue weighted by Crippen LogP contribution is 2.29. The molecule has 0 aromatic carbocycles. The van der Waals surface area contributed by atoms with E-state index in [4.69, 9.17) is 0 Å². The molecule has 1 unspecified atom stereocenters. The summed E-state index contributed by atoms with van der Waals surface area (Å²) in [6.07, 6.45) is -2.82. The van der Waals surface area contributed by atoms with Crippen LogP contribution in [-0.2, 0) is 17.5 Å². The van der Waals surface area contributed by atoms with Crippen molar-refractivity contribution >= 4 is 11.6 Å². The molecule has 1 amide bonds. The molecular weight excluding hydrogens is 285 g/mol. The van der Waals surface area contributed by atoms with Crippen LogP contribution in [0.3, 0.4) is 0 Å². The number of amides is 1. The van der Waals surface area contributed by atoms with E-state index in [2.05, 4.69) is 15.5 Å². The van der Waals surface area contributed by atoms with Gasteiger partial charge in [0, 0.05) is 12.1 Å². The Morgan fingerprint density at radius 2 is 2.10 bits per heavy atom. The number of hydrogen-bond acceptors (Lipinski definition) is 3. The molecular formula is C13H15F3N4O. The average molecular weight is 300 g/mol. The maximum Gasteiger partial charge on any atom is 0.417 e. The summed E-state index contributed by atoms with van der Waals surface area (Å²) in [7, 11) is 0. The summed E-state index contributed by atoms with van der Waals surface area (Å²) in [5, 5.41) is 10.2. The van der Waals surface area contributed by atoms with Gasteiger partial charge in [-0.25, -0.2) is 0 Å². The third kappa shape index (κ3) is 3.32. The molecule has 5 nitrogen and oxygen atoms in total. The van der Waals surface area contributed by atoms with Crippen molar-refractivity contribution in [3.63, 3.8) is 0 Å². The summed E-state index contributed by atoms with van der Waals surface area (Å²) in [6, 6.07) is 2.20. The predicted octanol–water partition coefficient (Wildman–Crippen LogP) is 2.41. The third-order valence-corrected chi connectivity index (χ3v) is 3.28. The van der Waals surface area contributed by atoms with E-state index in [0.29, 0.717) is 12.1 Å². The maximum absolute atomic E-state index is 12.7. The number of pyridine rings is 1. The van der Waals surface area contributed by atoms with Crippen LogP contribution in [0.1, 0.15) is 31.7 Å². The van der Waals surface area contributed by atoms with Crippen molar-refractivity contribution in [3.05, 3.63) is 29.7 Å². The molecule has 8 heteroatoms. The average Bonchev–Trinajstić information content (AvgIpc) is 2.85. The second-order valence-electron chi connectivity index (χ2n) is 4.79. The Balaban J connectivity index is 2.22. The highest BCUT2D eigenvalue weighted by molar-refractivity contribution is 5.78. The summed E-state index contributed by atoms with van der Waals surface area (Å²) in [6.45, 7) is 3.69. The quantitative estimate of drug-likeness (QED) is 0.943. The monoisotopic (exact) mass is 300 g/mol. The van der Waals surface area contributed by atoms with E-state index < -0.39 is 11.7 Å². The lowest BCUT2D eigenvalue weighted by atomic mass is 10.1. The van der Waals surface area contributed by atoms with Crippen molar-refractivity contribution in [2.45, 2.75) is 33.0 Å². The van der Waals surface area contributed by atoms with Crippen molar-refractivity contribution in [1.29, 1.82) is 0 Å². The number of nitrogens with one attached hydrogen (secondary N) is 1. The fraction of sp³-hybridized carbons (Fsp3) is 0.462. The number of aromatic nitrogens is 3. The van der Waals surface area contributed by atoms with Gasteiger partial charge in [0.15, 0.2) is 11.5 Å². The van der Waals surface area contributed by atoms with Crippen LogP contribution in [0.15, 0.2) is 18.3 Å². The number of alkyl halides is 3. The third-order valence-electron chi connectivity index (χ3n) is 3.28. The Bertz CT molecular complexity index is 650. The fourth-order valence-electron chi connectivity index (χ4n) is 1.75. The minimum absolute atomic E-state index is 0.0334. The largest absolute Gasteiger partial charge is 0.417 e. The van der Waals surface area contributed by atoms with E-state index in [-0.39, 0.29) is 24.2 Å². The molecule has 2 rings (SSSR count). The SMILES string of the molecule is CCC(C)C(=O)NCc1nnc2ccc(C(F)(F)F)cn12. The zero-order valence-corrected chi connectivity index (χ0v) is 11.6. The molecule has 0 saturated carbocycles. The summed E-state index contributed by atoms with van der Waals surface area (Å²) >= 11 is 0. The lowest BCUT2D eigenvalue weighted by Gasteiger charge is -2.10. The number of halogens is 3. The molecule has 1 N–H and O–H groups in total. The fourth-order valence-corrected chi connectivity index (χ4v) is 1.75. The Labute approximate surface area is 119 Å². The molecule has 2 aromatic heterocycles. The van der Waals surface area contributed by atoms with Gasteiger partial charge in [-0.2, -0.15) is 13.2 Å². The molecule has 0 bridgehead atoms. The lowest BCUT2D eigenvalue weighted by Crippen LogP contribution is -2.29. The second-order valence-corrected chi connectivity index (χ2v) is 4.79. The molecule has 0 fully saturated rings. The van der Waals surface area contributed by atoms with Crippen molar-refractivity contribution < 1.29 is 18.0 Å². The van der Waals surface area contributed by atoms with Gasteiger partial charge in [0.2, 0.25) is 5.91 Å². The number of nitrogens with zero attached hydrogens (tertiary/aromatic N) is 3. The molecule has 0 aliphatic carbocycles. The van der Waals surface area contributed by atoms with Gasteiger partial charge in [-0.15, -0.1) is 10.2 Å². The Morgan fingerprint density at radius 1 is 1.38 bits per heavy atom. The summed E-state index contributed by atoms with van der Waals surface area (Å²) in [4.78, 5) is 11.7. The van der Waals surface area contributed by atoms with Gasteiger partial charge in [-0.05, 0) is 18.6 Å². The molecule has 1 atom stereocenters. The first-order valence-corrected chi connectivity index (χ1v) is 6.51. The Hall–Kier alpha value is -2.12. The van der Waals surface area contributed by atoms with Gasteiger partial charge >= 0.3 is 6.18 Å². The first kappa shape index (κ1) is 15.3. The Kier molecular flexibility index (Phi) is 4.15. The summed E-state index contributed by atoms with van der Waals surface area (Å²) in [5.41, 5.74) is -0.486. The van der Waals surface area contributed by atoms with Gasteiger partial charge in [-0.3, -0.25) is 9.20 Å². The standard InChI is InChI=1S/C13H15F3N4O/c1-3-8(2)12(21)17-6-11-19-18-10-5-4-9(7-20(10)11)13(14,15)16/h4-5,7-8H,3,6H2,1-2H3,(H,17,21). The van der Waals surface area contributed by atoms with Gasteiger partial charge < -0.3 is 5.32 Å². The molecule has 0 saturated heterocycles. The van der Waals surface area contributed by atoms with Crippen molar-refractivity contribution in [2.75, 3.05) is 0 Å². The van der Waals surface area contributed by atoms with E-state index in [9.17, 15) is 18.0 Å². The number of rotatable bonds is 4. The lowest BCUT2D eigenvalue weighted by molar-refractivity contribution is -0.137. The predicted molar refractivity (Wildman–Crippen MR) is 69.3 cm³/mol. The molecule has 2 heterocycles. The summed E-state index contributed by atoms with van der Waals surface area (Å²) in [5.74, 6) is -0.0658. The minimum Gasteiger partial charge on any atom is -0.349 e. The van der Waals surface area contributed by atoms with Crippen molar-refractivity contribution in [3.8, 4) is 0 Å². The van der Waals surface area contributed by atoms with E-state index in [1.54, 1.807) is 6.92 Å². The van der Waals surface area contributed by atoms with Gasteiger partial charge in [0.05, 0.1) is 12.1 Å². The molecule has 0 spiro atoms. The van der Waals surface area contributed by atoms with Crippen LogP contribution in [0, 0.1) is 5.92 Å². The molecule has 0 aliphatic rings. The maximum atomic E-state index is 12.7. The Morgan fingerprint density at radius 3 is 2.71 bits per heavy atom. The van der Waals surface area contributed by atoms with Crippen LogP contribution in [0.4, 0.5) is 13.2 Å². The highest BCUT2D eigenvalue weighted by atomic mass is 19.4. The highest BCUT2D eigenvalue weighted by Gasteiger charge is 2.31. The van der Waals surface area contributed by atoms with Gasteiger partial charge in [0.1, 0.15) is 0 Å². The first-order chi connectivity index (χ1) is 9.82. The van der Waals surface area contributed by atoms with E-state index in [1.807, 2.05) is 6.92 Å². The van der Waals surface area contributed by atoms with Crippen LogP contribution in [0.5, 0.6) is 0 Å². The topological polar surface area (TPSA) is 59.3 Å². The normalized spacial score (nSPS) is 13.4. The minimum atomic E-state index is -4.43. The second kappa shape index (κ2) is 5.71. The van der Waals surface area contributed by atoms with Crippen molar-refractivity contribution in [2.24, 2.45) is 5.92 Å². The molecule has 21 heavy (non-hydrogen) atoms. The van der Waals surface area contributed by atoms with Crippen LogP contribution < -0.4 is 5.32 Å². The molecule has 2 aromatic rings. The number of carbonyl (C=O) groups is 1. The number of fused-ring (bicyclic) bond motifs is 1. The molecule has 0 radical (unpaired) electrons. The molecule has 114 valence electrons. The summed E-state index contributed by atoms with van der Waals surface area (Å²) < 4.78 is 39.3. The van der Waals surface area contributed by atoms with Gasteiger partial charge in [0.25, 0.3) is 0 Å². The van der Waals surface area contributed by atoms with E-state index in [1.165, 1.54) is 10.5 Å². The number of hydrogen-bond donors (Lipinski definition) is 1. The van der Waals surface area contributed by atoms with Crippen LogP contribution in [0.2, 0.25) is 0 Å². The number of carbonyl (C=O) groups excluding carboxylic acids is 1. The van der Waals surface area contributed by atoms with Crippen LogP contribution in [0.25, 0.3) is 5.65 Å².